The number of rotatable bonds is 4. The maximum atomic E-state index is 11.2. The van der Waals surface area contributed by atoms with Crippen LogP contribution in [0.4, 0.5) is 0 Å². The fourth-order valence-corrected chi connectivity index (χ4v) is 1.84. The van der Waals surface area contributed by atoms with Gasteiger partial charge in [0.2, 0.25) is 0 Å². The van der Waals surface area contributed by atoms with Crippen LogP contribution in [-0.2, 0) is 19.1 Å². The molecule has 0 saturated carbocycles. The van der Waals surface area contributed by atoms with Gasteiger partial charge in [-0.3, -0.25) is 9.59 Å². The second-order valence-electron chi connectivity index (χ2n) is 3.85. The van der Waals surface area contributed by atoms with E-state index in [0.29, 0.717) is 5.92 Å². The van der Waals surface area contributed by atoms with E-state index in [-0.39, 0.29) is 68.0 Å². The minimum atomic E-state index is -0.478. The summed E-state index contributed by atoms with van der Waals surface area (Å²) >= 11 is 0. The van der Waals surface area contributed by atoms with E-state index in [4.69, 9.17) is 9.47 Å². The van der Waals surface area contributed by atoms with Crippen molar-refractivity contribution < 1.29 is 19.1 Å². The van der Waals surface area contributed by atoms with Crippen LogP contribution in [0.25, 0.3) is 0 Å². The van der Waals surface area contributed by atoms with Crippen LogP contribution in [0.5, 0.6) is 0 Å². The third kappa shape index (κ3) is 5.23. The number of hydrogen-bond acceptors (Lipinski definition) is 4. The first-order valence-electron chi connectivity index (χ1n) is 5.52. The van der Waals surface area contributed by atoms with Gasteiger partial charge in [-0.1, -0.05) is 20.3 Å². The van der Waals surface area contributed by atoms with Crippen LogP contribution < -0.4 is 0 Å². The molecule has 0 aromatic heterocycles. The molecule has 0 aromatic carbocycles. The normalized spacial score (nSPS) is 22.5. The molecule has 1 saturated heterocycles. The molecule has 2 radical (unpaired) electrons. The predicted molar refractivity (Wildman–Crippen MR) is 59.9 cm³/mol. The quantitative estimate of drug-likeness (QED) is 0.435. The van der Waals surface area contributed by atoms with Crippen molar-refractivity contribution >= 4 is 60.8 Å². The Morgan fingerprint density at radius 3 is 2.56 bits per heavy atom. The van der Waals surface area contributed by atoms with Gasteiger partial charge in [0.1, 0.15) is 19.1 Å². The van der Waals surface area contributed by atoms with Crippen LogP contribution in [0.15, 0.2) is 0 Å². The van der Waals surface area contributed by atoms with E-state index in [1.807, 2.05) is 0 Å². The second kappa shape index (κ2) is 8.58. The average Bonchev–Trinajstić information content (AvgIpc) is 2.36. The molecule has 2 atom stereocenters. The van der Waals surface area contributed by atoms with Gasteiger partial charge in [0, 0.05) is 48.9 Å². The predicted octanol–water partition coefficient (Wildman–Crippen LogP) is 1.29. The third-order valence-electron chi connectivity index (χ3n) is 2.69. The zero-order chi connectivity index (χ0) is 11.3. The number of cyclic esters (lactones) is 2. The average molecular weight is 352 g/mol. The van der Waals surface area contributed by atoms with E-state index < -0.39 is 11.9 Å². The number of carbonyl (C=O) groups excluding carboxylic acids is 2. The number of hydrogen-bond donors (Lipinski definition) is 0. The Bertz CT molecular complexity index is 242. The van der Waals surface area contributed by atoms with Crippen LogP contribution in [0.3, 0.4) is 0 Å². The van der Waals surface area contributed by atoms with Gasteiger partial charge in [-0.15, -0.1) is 0 Å². The Kier molecular flexibility index (Phi) is 8.85. The Labute approximate surface area is 137 Å². The standard InChI is InChI=1S/C11H18O4.Ba/c1-3-5-8(4-2)9-7-14-10(12)6-11(13)15-9;/h8-9H,3-7H2,1-2H3;. The van der Waals surface area contributed by atoms with Crippen molar-refractivity contribution in [3.05, 3.63) is 0 Å². The number of ether oxygens (including phenoxy) is 2. The van der Waals surface area contributed by atoms with Gasteiger partial charge >= 0.3 is 11.9 Å². The summed E-state index contributed by atoms with van der Waals surface area (Å²) in [5, 5.41) is 0. The Morgan fingerprint density at radius 2 is 2.00 bits per heavy atom. The van der Waals surface area contributed by atoms with E-state index in [0.717, 1.165) is 19.3 Å². The molecule has 4 nitrogen and oxygen atoms in total. The smallest absolute Gasteiger partial charge is 0.317 e. The zero-order valence-corrected chi connectivity index (χ0v) is 14.5. The van der Waals surface area contributed by atoms with Crippen molar-refractivity contribution in [1.82, 2.24) is 0 Å². The summed E-state index contributed by atoms with van der Waals surface area (Å²) in [5.41, 5.74) is 0. The Hall–Kier alpha value is 0.511. The fourth-order valence-electron chi connectivity index (χ4n) is 1.84. The van der Waals surface area contributed by atoms with Crippen molar-refractivity contribution in [2.45, 2.75) is 45.6 Å². The molecule has 0 N–H and O–H groups in total. The van der Waals surface area contributed by atoms with Crippen molar-refractivity contribution in [3.8, 4) is 0 Å². The molecular weight excluding hydrogens is 333 g/mol. The van der Waals surface area contributed by atoms with Gasteiger partial charge < -0.3 is 9.47 Å². The Balaban J connectivity index is 0.00000225. The maximum absolute atomic E-state index is 11.2. The first-order chi connectivity index (χ1) is 7.17. The molecule has 1 aliphatic rings. The van der Waals surface area contributed by atoms with Gasteiger partial charge in [-0.25, -0.2) is 0 Å². The largest absolute Gasteiger partial charge is 0.461 e. The molecule has 1 aliphatic heterocycles. The van der Waals surface area contributed by atoms with Crippen LogP contribution >= 0.6 is 0 Å². The number of carbonyl (C=O) groups is 2. The molecule has 5 heteroatoms. The molecule has 0 spiro atoms. The summed E-state index contributed by atoms with van der Waals surface area (Å²) in [4.78, 5) is 22.2. The first-order valence-corrected chi connectivity index (χ1v) is 5.52. The van der Waals surface area contributed by atoms with E-state index in [1.54, 1.807) is 0 Å². The molecule has 2 unspecified atom stereocenters. The van der Waals surface area contributed by atoms with Gasteiger partial charge in [-0.2, -0.15) is 0 Å². The summed E-state index contributed by atoms with van der Waals surface area (Å²) in [6.07, 6.45) is 2.46. The second-order valence-corrected chi connectivity index (χ2v) is 3.85. The first kappa shape index (κ1) is 16.5. The van der Waals surface area contributed by atoms with Crippen LogP contribution in [0.1, 0.15) is 39.5 Å². The minimum Gasteiger partial charge on any atom is -0.461 e. The summed E-state index contributed by atoms with van der Waals surface area (Å²) < 4.78 is 10.1. The van der Waals surface area contributed by atoms with Gasteiger partial charge in [0.25, 0.3) is 0 Å². The molecule has 1 rings (SSSR count). The maximum Gasteiger partial charge on any atom is 0.317 e. The summed E-state index contributed by atoms with van der Waals surface area (Å²) in [5.74, 6) is -0.643. The summed E-state index contributed by atoms with van der Waals surface area (Å²) in [7, 11) is 0. The topological polar surface area (TPSA) is 52.6 Å². The molecule has 0 amide bonds. The Morgan fingerprint density at radius 1 is 1.31 bits per heavy atom. The van der Waals surface area contributed by atoms with E-state index >= 15 is 0 Å². The van der Waals surface area contributed by atoms with E-state index in [1.165, 1.54) is 0 Å². The minimum absolute atomic E-state index is 0. The third-order valence-corrected chi connectivity index (χ3v) is 2.69. The summed E-state index contributed by atoms with van der Waals surface area (Å²) in [6, 6.07) is 0. The molecule has 0 aromatic rings. The molecule has 88 valence electrons. The van der Waals surface area contributed by atoms with Crippen molar-refractivity contribution in [3.63, 3.8) is 0 Å². The van der Waals surface area contributed by atoms with Gasteiger partial charge in [0.15, 0.2) is 0 Å². The molecule has 0 bridgehead atoms. The monoisotopic (exact) mass is 352 g/mol. The molecular formula is C11H18BaO4. The van der Waals surface area contributed by atoms with Crippen LogP contribution in [0.2, 0.25) is 0 Å². The van der Waals surface area contributed by atoms with E-state index in [2.05, 4.69) is 13.8 Å². The van der Waals surface area contributed by atoms with Crippen LogP contribution in [-0.4, -0.2) is 73.5 Å². The molecule has 1 fully saturated rings. The fraction of sp³-hybridized carbons (Fsp3) is 0.818. The molecule has 0 aliphatic carbocycles. The summed E-state index contributed by atoms with van der Waals surface area (Å²) in [6.45, 7) is 4.36. The van der Waals surface area contributed by atoms with Crippen molar-refractivity contribution in [2.75, 3.05) is 6.61 Å². The van der Waals surface area contributed by atoms with Crippen molar-refractivity contribution in [2.24, 2.45) is 5.92 Å². The molecule has 1 heterocycles. The van der Waals surface area contributed by atoms with Crippen molar-refractivity contribution in [1.29, 1.82) is 0 Å². The van der Waals surface area contributed by atoms with Gasteiger partial charge in [0.05, 0.1) is 0 Å². The zero-order valence-electron chi connectivity index (χ0n) is 10.0. The van der Waals surface area contributed by atoms with Gasteiger partial charge in [-0.05, 0) is 18.8 Å². The molecule has 16 heavy (non-hydrogen) atoms. The van der Waals surface area contributed by atoms with E-state index in [9.17, 15) is 9.59 Å². The SMILES string of the molecule is CCCC(CC)C1COC(=O)CC(=O)O1.[Ba]. The number of esters is 2. The van der Waals surface area contributed by atoms with Crippen LogP contribution in [0, 0.1) is 5.92 Å².